The molecule has 4 rings (SSSR count). The van der Waals surface area contributed by atoms with Gasteiger partial charge >= 0.3 is 0 Å². The Balaban J connectivity index is 1.67. The average molecular weight is 474 g/mol. The third kappa shape index (κ3) is 5.94. The number of carbonyl (C=O) groups excluding carboxylic acids is 1. The summed E-state index contributed by atoms with van der Waals surface area (Å²) in [5.74, 6) is 1.70. The Labute approximate surface area is 203 Å². The maximum atomic E-state index is 13.5. The number of aromatic nitrogens is 4. The number of rotatable bonds is 11. The van der Waals surface area contributed by atoms with E-state index >= 15 is 0 Å². The molecule has 0 aliphatic rings. The Bertz CT molecular complexity index is 1270. The lowest BCUT2D eigenvalue weighted by molar-refractivity contribution is -0.111. The van der Waals surface area contributed by atoms with Crippen LogP contribution >= 0.6 is 0 Å². The lowest BCUT2D eigenvalue weighted by atomic mass is 10.2. The fraction of sp³-hybridized carbons (Fsp3) is 0.231. The molecule has 9 nitrogen and oxygen atoms in total. The highest BCUT2D eigenvalue weighted by molar-refractivity contribution is 6.24. The zero-order valence-electron chi connectivity index (χ0n) is 19.7. The second-order valence-corrected chi connectivity index (χ2v) is 7.64. The summed E-state index contributed by atoms with van der Waals surface area (Å²) < 4.78 is 18.5. The van der Waals surface area contributed by atoms with Crippen LogP contribution in [0.4, 0.5) is 5.69 Å². The molecule has 2 aromatic carbocycles. The lowest BCUT2D eigenvalue weighted by Gasteiger charge is -2.15. The first-order chi connectivity index (χ1) is 17.2. The fourth-order valence-corrected chi connectivity index (χ4v) is 3.28. The minimum atomic E-state index is -0.422. The van der Waals surface area contributed by atoms with Gasteiger partial charge in [0.05, 0.1) is 19.5 Å². The first kappa shape index (κ1) is 23.7. The summed E-state index contributed by atoms with van der Waals surface area (Å²) in [4.78, 5) is 13.5. The van der Waals surface area contributed by atoms with Crippen molar-refractivity contribution >= 4 is 23.4 Å². The number of tetrazole rings is 1. The van der Waals surface area contributed by atoms with Crippen LogP contribution in [0.15, 0.2) is 71.3 Å². The van der Waals surface area contributed by atoms with Gasteiger partial charge < -0.3 is 19.2 Å². The van der Waals surface area contributed by atoms with Crippen molar-refractivity contribution in [3.8, 4) is 22.9 Å². The van der Waals surface area contributed by atoms with Gasteiger partial charge in [0, 0.05) is 23.4 Å². The van der Waals surface area contributed by atoms with E-state index in [1.165, 1.54) is 10.9 Å². The summed E-state index contributed by atoms with van der Waals surface area (Å²) in [6.45, 7) is 5.18. The van der Waals surface area contributed by atoms with E-state index < -0.39 is 5.91 Å². The number of nitrogens with one attached hydrogen (secondary N) is 1. The van der Waals surface area contributed by atoms with Crippen LogP contribution in [-0.4, -0.2) is 39.3 Å². The highest BCUT2D eigenvalue weighted by atomic mass is 16.5. The van der Waals surface area contributed by atoms with E-state index in [-0.39, 0.29) is 5.70 Å². The lowest BCUT2D eigenvalue weighted by Crippen LogP contribution is -2.19. The summed E-state index contributed by atoms with van der Waals surface area (Å²) in [5.41, 5.74) is 1.50. The molecule has 1 N–H and O–H groups in total. The molecule has 0 fully saturated rings. The highest BCUT2D eigenvalue weighted by Crippen LogP contribution is 2.31. The molecule has 0 spiro atoms. The summed E-state index contributed by atoms with van der Waals surface area (Å²) in [6, 6.07) is 18.2. The van der Waals surface area contributed by atoms with Crippen molar-refractivity contribution in [2.45, 2.75) is 26.7 Å². The summed E-state index contributed by atoms with van der Waals surface area (Å²) in [5, 5.41) is 14.9. The van der Waals surface area contributed by atoms with Crippen LogP contribution in [0.25, 0.3) is 23.2 Å². The van der Waals surface area contributed by atoms with Crippen molar-refractivity contribution < 1.29 is 18.7 Å². The number of nitrogens with zero attached hydrogens (tertiary/aromatic N) is 4. The SMILES string of the molecule is CCCOc1ccc(NC(=O)C(=Cc2ccco2)n2nnnc2-c2ccccc2)cc1OCCC. The maximum Gasteiger partial charge on any atom is 0.274 e. The molecule has 0 aliphatic heterocycles. The quantitative estimate of drug-likeness (QED) is 0.301. The molecule has 0 aliphatic carbocycles. The van der Waals surface area contributed by atoms with Crippen molar-refractivity contribution in [1.82, 2.24) is 20.2 Å². The standard InChI is InChI=1S/C26H27N5O4/c1-3-14-34-23-13-12-20(17-24(23)35-15-4-2)27-26(32)22(18-21-11-8-16-33-21)31-25(28-29-30-31)19-9-6-5-7-10-19/h5-13,16-18H,3-4,14-15H2,1-2H3,(H,27,32). The molecule has 9 heteroatoms. The van der Waals surface area contributed by atoms with E-state index in [9.17, 15) is 4.79 Å². The summed E-state index contributed by atoms with van der Waals surface area (Å²) in [6.07, 6.45) is 4.85. The molecule has 4 aromatic rings. The number of carbonyl (C=O) groups is 1. The first-order valence-corrected chi connectivity index (χ1v) is 11.5. The predicted molar refractivity (Wildman–Crippen MR) is 133 cm³/mol. The number of benzene rings is 2. The number of anilines is 1. The number of ether oxygens (including phenoxy) is 2. The number of furan rings is 1. The van der Waals surface area contributed by atoms with Gasteiger partial charge in [-0.2, -0.15) is 4.68 Å². The second-order valence-electron chi connectivity index (χ2n) is 7.64. The van der Waals surface area contributed by atoms with Crippen LogP contribution in [0.2, 0.25) is 0 Å². The van der Waals surface area contributed by atoms with Crippen LogP contribution in [0.5, 0.6) is 11.5 Å². The van der Waals surface area contributed by atoms with Crippen molar-refractivity contribution in [3.63, 3.8) is 0 Å². The molecule has 0 unspecified atom stereocenters. The van der Waals surface area contributed by atoms with E-state index in [0.717, 1.165) is 18.4 Å². The van der Waals surface area contributed by atoms with Crippen molar-refractivity contribution in [3.05, 3.63) is 72.7 Å². The zero-order chi connectivity index (χ0) is 24.5. The van der Waals surface area contributed by atoms with Gasteiger partial charge in [0.25, 0.3) is 5.91 Å². The number of hydrogen-bond acceptors (Lipinski definition) is 7. The average Bonchev–Trinajstić information content (AvgIpc) is 3.58. The van der Waals surface area contributed by atoms with Crippen molar-refractivity contribution in [1.29, 1.82) is 0 Å². The van der Waals surface area contributed by atoms with E-state index in [2.05, 4.69) is 20.8 Å². The van der Waals surface area contributed by atoms with Crippen LogP contribution in [0.1, 0.15) is 32.4 Å². The van der Waals surface area contributed by atoms with E-state index in [0.29, 0.717) is 42.0 Å². The van der Waals surface area contributed by atoms with Crippen LogP contribution in [0.3, 0.4) is 0 Å². The molecule has 0 saturated carbocycles. The molecular weight excluding hydrogens is 446 g/mol. The van der Waals surface area contributed by atoms with Crippen molar-refractivity contribution in [2.75, 3.05) is 18.5 Å². The Morgan fingerprint density at radius 3 is 2.49 bits per heavy atom. The van der Waals surface area contributed by atoms with E-state index in [4.69, 9.17) is 13.9 Å². The van der Waals surface area contributed by atoms with Gasteiger partial charge in [-0.05, 0) is 47.5 Å². The summed E-state index contributed by atoms with van der Waals surface area (Å²) in [7, 11) is 0. The maximum absolute atomic E-state index is 13.5. The normalized spacial score (nSPS) is 11.3. The molecule has 0 radical (unpaired) electrons. The first-order valence-electron chi connectivity index (χ1n) is 11.5. The number of amides is 1. The third-order valence-corrected chi connectivity index (χ3v) is 4.91. The van der Waals surface area contributed by atoms with Crippen LogP contribution < -0.4 is 14.8 Å². The smallest absolute Gasteiger partial charge is 0.274 e. The van der Waals surface area contributed by atoms with Gasteiger partial charge in [-0.3, -0.25) is 4.79 Å². The highest BCUT2D eigenvalue weighted by Gasteiger charge is 2.20. The van der Waals surface area contributed by atoms with Crippen molar-refractivity contribution in [2.24, 2.45) is 0 Å². The Hall–Kier alpha value is -4.40. The second kappa shape index (κ2) is 11.6. The van der Waals surface area contributed by atoms with Gasteiger partial charge in [-0.25, -0.2) is 0 Å². The fourth-order valence-electron chi connectivity index (χ4n) is 3.28. The van der Waals surface area contributed by atoms with E-state index in [1.54, 1.807) is 36.4 Å². The van der Waals surface area contributed by atoms with Gasteiger partial charge in [-0.15, -0.1) is 5.10 Å². The molecule has 1 amide bonds. The van der Waals surface area contributed by atoms with Gasteiger partial charge in [0.2, 0.25) is 0 Å². The van der Waals surface area contributed by atoms with Crippen LogP contribution in [0, 0.1) is 0 Å². The van der Waals surface area contributed by atoms with E-state index in [1.807, 2.05) is 44.2 Å². The summed E-state index contributed by atoms with van der Waals surface area (Å²) >= 11 is 0. The minimum Gasteiger partial charge on any atom is -0.490 e. The topological polar surface area (TPSA) is 104 Å². The van der Waals surface area contributed by atoms with Crippen LogP contribution in [-0.2, 0) is 4.79 Å². The molecule has 0 atom stereocenters. The minimum absolute atomic E-state index is 0.186. The molecule has 35 heavy (non-hydrogen) atoms. The Morgan fingerprint density at radius 1 is 1.00 bits per heavy atom. The zero-order valence-corrected chi connectivity index (χ0v) is 19.7. The third-order valence-electron chi connectivity index (χ3n) is 4.91. The number of hydrogen-bond donors (Lipinski definition) is 1. The molecule has 2 heterocycles. The Kier molecular flexibility index (Phi) is 7.90. The molecular formula is C26H27N5O4. The molecule has 0 bridgehead atoms. The van der Waals surface area contributed by atoms with Gasteiger partial charge in [0.15, 0.2) is 17.3 Å². The van der Waals surface area contributed by atoms with Gasteiger partial charge in [0.1, 0.15) is 11.5 Å². The monoisotopic (exact) mass is 473 g/mol. The molecule has 2 aromatic heterocycles. The Morgan fingerprint density at radius 2 is 1.77 bits per heavy atom. The largest absolute Gasteiger partial charge is 0.490 e. The molecule has 0 saturated heterocycles. The predicted octanol–water partition coefficient (Wildman–Crippen LogP) is 5.15. The van der Waals surface area contributed by atoms with Gasteiger partial charge in [-0.1, -0.05) is 44.2 Å². The molecule has 180 valence electrons.